The second kappa shape index (κ2) is 6.45. The van der Waals surface area contributed by atoms with Crippen LogP contribution in [0.1, 0.15) is 33.4 Å². The molecule has 0 atom stereocenters. The summed E-state index contributed by atoms with van der Waals surface area (Å²) < 4.78 is 0. The highest BCUT2D eigenvalue weighted by atomic mass is 32.1. The number of thiophene rings is 1. The number of rotatable bonds is 6. The molecule has 0 fully saturated rings. The van der Waals surface area contributed by atoms with Crippen molar-refractivity contribution in [3.63, 3.8) is 0 Å². The lowest BCUT2D eigenvalue weighted by Crippen LogP contribution is -2.14. The number of aryl methyl sites for hydroxylation is 1. The quantitative estimate of drug-likeness (QED) is 0.851. The summed E-state index contributed by atoms with van der Waals surface area (Å²) in [4.78, 5) is 16.2. The third kappa shape index (κ3) is 3.62. The molecule has 0 aromatic carbocycles. The Morgan fingerprint density at radius 3 is 3.00 bits per heavy atom. The van der Waals surface area contributed by atoms with Crippen molar-refractivity contribution in [1.29, 1.82) is 0 Å². The SMILES string of the molecule is CCc1cccnc1CNCc1cc(C(=O)O)cs1. The molecule has 0 unspecified atom stereocenters. The molecule has 4 nitrogen and oxygen atoms in total. The Labute approximate surface area is 116 Å². The predicted octanol–water partition coefficient (Wildman–Crippen LogP) is 2.69. The molecule has 0 aliphatic carbocycles. The first-order valence-corrected chi connectivity index (χ1v) is 7.03. The number of hydrogen-bond acceptors (Lipinski definition) is 4. The maximum absolute atomic E-state index is 10.8. The van der Waals surface area contributed by atoms with E-state index < -0.39 is 5.97 Å². The zero-order valence-electron chi connectivity index (χ0n) is 10.7. The number of carboxylic acids is 1. The van der Waals surface area contributed by atoms with E-state index >= 15 is 0 Å². The summed E-state index contributed by atoms with van der Waals surface area (Å²) in [6, 6.07) is 5.73. The van der Waals surface area contributed by atoms with Gasteiger partial charge in [-0.3, -0.25) is 4.98 Å². The Kier molecular flexibility index (Phi) is 4.65. The minimum atomic E-state index is -0.875. The summed E-state index contributed by atoms with van der Waals surface area (Å²) in [6.45, 7) is 3.47. The fourth-order valence-corrected chi connectivity index (χ4v) is 2.67. The van der Waals surface area contributed by atoms with E-state index in [0.717, 1.165) is 17.0 Å². The van der Waals surface area contributed by atoms with E-state index in [0.29, 0.717) is 18.7 Å². The Morgan fingerprint density at radius 1 is 1.47 bits per heavy atom. The van der Waals surface area contributed by atoms with Crippen LogP contribution in [0.15, 0.2) is 29.8 Å². The van der Waals surface area contributed by atoms with Gasteiger partial charge in [-0.1, -0.05) is 13.0 Å². The van der Waals surface area contributed by atoms with Gasteiger partial charge in [-0.25, -0.2) is 4.79 Å². The van der Waals surface area contributed by atoms with Gasteiger partial charge in [0.1, 0.15) is 0 Å². The van der Waals surface area contributed by atoms with Crippen molar-refractivity contribution in [3.8, 4) is 0 Å². The Balaban J connectivity index is 1.90. The molecule has 0 spiro atoms. The van der Waals surface area contributed by atoms with Crippen molar-refractivity contribution in [1.82, 2.24) is 10.3 Å². The summed E-state index contributed by atoms with van der Waals surface area (Å²) in [7, 11) is 0. The second-order valence-electron chi connectivity index (χ2n) is 4.17. The third-order valence-electron chi connectivity index (χ3n) is 2.86. The molecule has 0 aliphatic heterocycles. The van der Waals surface area contributed by atoms with Crippen LogP contribution >= 0.6 is 11.3 Å². The summed E-state index contributed by atoms with van der Waals surface area (Å²) in [5.41, 5.74) is 2.65. The van der Waals surface area contributed by atoms with Crippen LogP contribution in [-0.2, 0) is 19.5 Å². The van der Waals surface area contributed by atoms with E-state index in [-0.39, 0.29) is 0 Å². The third-order valence-corrected chi connectivity index (χ3v) is 3.79. The van der Waals surface area contributed by atoms with Crippen LogP contribution in [0.2, 0.25) is 0 Å². The Hall–Kier alpha value is -1.72. The number of aromatic carboxylic acids is 1. The zero-order valence-corrected chi connectivity index (χ0v) is 11.5. The average Bonchev–Trinajstić information content (AvgIpc) is 2.88. The van der Waals surface area contributed by atoms with E-state index in [4.69, 9.17) is 5.11 Å². The lowest BCUT2D eigenvalue weighted by Gasteiger charge is -2.07. The van der Waals surface area contributed by atoms with E-state index in [1.165, 1.54) is 16.9 Å². The first-order chi connectivity index (χ1) is 9.20. The molecule has 2 aromatic rings. The fourth-order valence-electron chi connectivity index (χ4n) is 1.84. The Morgan fingerprint density at radius 2 is 2.32 bits per heavy atom. The molecule has 19 heavy (non-hydrogen) atoms. The molecule has 2 N–H and O–H groups in total. The molecule has 0 aliphatic rings. The monoisotopic (exact) mass is 276 g/mol. The number of nitrogens with zero attached hydrogens (tertiary/aromatic N) is 1. The molecule has 100 valence electrons. The molecule has 0 amide bonds. The van der Waals surface area contributed by atoms with Crippen molar-refractivity contribution < 1.29 is 9.90 Å². The van der Waals surface area contributed by atoms with Gasteiger partial charge in [-0.2, -0.15) is 0 Å². The van der Waals surface area contributed by atoms with E-state index in [1.54, 1.807) is 17.6 Å². The van der Waals surface area contributed by atoms with Crippen LogP contribution in [0.25, 0.3) is 0 Å². The van der Waals surface area contributed by atoms with Crippen LogP contribution in [0, 0.1) is 0 Å². The standard InChI is InChI=1S/C14H16N2O2S/c1-2-10-4-3-5-16-13(10)8-15-7-12-6-11(9-19-12)14(17)18/h3-6,9,15H,2,7-8H2,1H3,(H,17,18). The highest BCUT2D eigenvalue weighted by Gasteiger charge is 2.06. The molecule has 5 heteroatoms. The first kappa shape index (κ1) is 13.7. The highest BCUT2D eigenvalue weighted by molar-refractivity contribution is 7.10. The van der Waals surface area contributed by atoms with Crippen molar-refractivity contribution in [2.24, 2.45) is 0 Å². The van der Waals surface area contributed by atoms with Crippen molar-refractivity contribution in [2.75, 3.05) is 0 Å². The number of carboxylic acid groups (broad SMARTS) is 1. The molecule has 0 saturated heterocycles. The van der Waals surface area contributed by atoms with Crippen molar-refractivity contribution in [3.05, 3.63) is 51.5 Å². The molecule has 0 saturated carbocycles. The number of nitrogens with one attached hydrogen (secondary N) is 1. The van der Waals surface area contributed by atoms with Crippen LogP contribution < -0.4 is 5.32 Å². The van der Waals surface area contributed by atoms with Crippen LogP contribution in [0.4, 0.5) is 0 Å². The maximum atomic E-state index is 10.8. The minimum absolute atomic E-state index is 0.355. The van der Waals surface area contributed by atoms with Gasteiger partial charge in [0.25, 0.3) is 0 Å². The lowest BCUT2D eigenvalue weighted by atomic mass is 10.1. The van der Waals surface area contributed by atoms with E-state index in [1.807, 2.05) is 6.07 Å². The summed E-state index contributed by atoms with van der Waals surface area (Å²) in [6.07, 6.45) is 2.76. The molecule has 2 rings (SSSR count). The predicted molar refractivity (Wildman–Crippen MR) is 75.4 cm³/mol. The summed E-state index contributed by atoms with van der Waals surface area (Å²) in [5, 5.41) is 13.8. The number of carbonyl (C=O) groups is 1. The molecule has 2 aromatic heterocycles. The first-order valence-electron chi connectivity index (χ1n) is 6.15. The number of hydrogen-bond donors (Lipinski definition) is 2. The van der Waals surface area contributed by atoms with E-state index in [9.17, 15) is 4.79 Å². The van der Waals surface area contributed by atoms with Gasteiger partial charge in [0, 0.05) is 29.5 Å². The normalized spacial score (nSPS) is 10.6. The molecule has 2 heterocycles. The second-order valence-corrected chi connectivity index (χ2v) is 5.17. The van der Waals surface area contributed by atoms with Crippen molar-refractivity contribution >= 4 is 17.3 Å². The lowest BCUT2D eigenvalue weighted by molar-refractivity contribution is 0.0697. The average molecular weight is 276 g/mol. The minimum Gasteiger partial charge on any atom is -0.478 e. The van der Waals surface area contributed by atoms with Gasteiger partial charge in [0.05, 0.1) is 11.3 Å². The molecular weight excluding hydrogens is 260 g/mol. The molecule has 0 bridgehead atoms. The number of pyridine rings is 1. The molecule has 0 radical (unpaired) electrons. The van der Waals surface area contributed by atoms with Gasteiger partial charge in [-0.15, -0.1) is 11.3 Å². The van der Waals surface area contributed by atoms with Crippen LogP contribution in [0.5, 0.6) is 0 Å². The van der Waals surface area contributed by atoms with Gasteiger partial charge in [0.15, 0.2) is 0 Å². The molecular formula is C14H16N2O2S. The summed E-state index contributed by atoms with van der Waals surface area (Å²) >= 11 is 1.46. The largest absolute Gasteiger partial charge is 0.478 e. The van der Waals surface area contributed by atoms with Crippen LogP contribution in [0.3, 0.4) is 0 Å². The Bertz CT molecular complexity index is 566. The topological polar surface area (TPSA) is 62.2 Å². The van der Waals surface area contributed by atoms with Gasteiger partial charge >= 0.3 is 5.97 Å². The van der Waals surface area contributed by atoms with Gasteiger partial charge in [0.2, 0.25) is 0 Å². The number of aromatic nitrogens is 1. The summed E-state index contributed by atoms with van der Waals surface area (Å²) in [5.74, 6) is -0.875. The van der Waals surface area contributed by atoms with Gasteiger partial charge < -0.3 is 10.4 Å². The fraction of sp³-hybridized carbons (Fsp3) is 0.286. The zero-order chi connectivity index (χ0) is 13.7. The highest BCUT2D eigenvalue weighted by Crippen LogP contribution is 2.14. The van der Waals surface area contributed by atoms with Crippen LogP contribution in [-0.4, -0.2) is 16.1 Å². The smallest absolute Gasteiger partial charge is 0.336 e. The maximum Gasteiger partial charge on any atom is 0.336 e. The van der Waals surface area contributed by atoms with E-state index in [2.05, 4.69) is 23.3 Å². The van der Waals surface area contributed by atoms with Gasteiger partial charge in [-0.05, 0) is 24.1 Å². The van der Waals surface area contributed by atoms with Crippen molar-refractivity contribution in [2.45, 2.75) is 26.4 Å².